The Morgan fingerprint density at radius 3 is 2.74 bits per heavy atom. The van der Waals surface area contributed by atoms with E-state index in [2.05, 4.69) is 22.9 Å². The summed E-state index contributed by atoms with van der Waals surface area (Å²) < 4.78 is 19.2. The highest BCUT2D eigenvalue weighted by Crippen LogP contribution is 2.39. The first-order valence-electron chi connectivity index (χ1n) is 10.1. The fourth-order valence-electron chi connectivity index (χ4n) is 4.06. The van der Waals surface area contributed by atoms with Crippen LogP contribution in [0.2, 0.25) is 5.02 Å². The van der Waals surface area contributed by atoms with Gasteiger partial charge in [-0.05, 0) is 60.7 Å². The van der Waals surface area contributed by atoms with Crippen LogP contribution in [0.15, 0.2) is 55.3 Å². The van der Waals surface area contributed by atoms with Crippen molar-refractivity contribution in [2.24, 2.45) is 0 Å². The number of methoxy groups -OCH3 is 1. The van der Waals surface area contributed by atoms with Crippen LogP contribution in [0.5, 0.6) is 5.75 Å². The third-order valence-corrected chi connectivity index (χ3v) is 6.00. The zero-order chi connectivity index (χ0) is 22.0. The Kier molecular flexibility index (Phi) is 6.09. The van der Waals surface area contributed by atoms with Gasteiger partial charge in [0.05, 0.1) is 17.6 Å². The van der Waals surface area contributed by atoms with Crippen LogP contribution in [-0.4, -0.2) is 36.0 Å². The summed E-state index contributed by atoms with van der Waals surface area (Å²) in [5.74, 6) is 0.565. The summed E-state index contributed by atoms with van der Waals surface area (Å²) in [6, 6.07) is 10.4. The average Bonchev–Trinajstić information content (AvgIpc) is 2.80. The fraction of sp³-hybridized carbons (Fsp3) is 0.250. The molecule has 0 atom stereocenters. The summed E-state index contributed by atoms with van der Waals surface area (Å²) in [5.41, 5.74) is 3.41. The lowest BCUT2D eigenvalue weighted by Crippen LogP contribution is -2.36. The highest BCUT2D eigenvalue weighted by molar-refractivity contribution is 6.31. The molecule has 160 valence electrons. The molecule has 5 nitrogen and oxygen atoms in total. The van der Waals surface area contributed by atoms with Gasteiger partial charge < -0.3 is 15.0 Å². The quantitative estimate of drug-likeness (QED) is 0.520. The van der Waals surface area contributed by atoms with Crippen molar-refractivity contribution < 1.29 is 13.9 Å². The highest BCUT2D eigenvalue weighted by atomic mass is 35.5. The zero-order valence-corrected chi connectivity index (χ0v) is 18.0. The molecule has 1 saturated heterocycles. The number of hydrogen-bond donors (Lipinski definition) is 1. The smallest absolute Gasteiger partial charge is 0.245 e. The Balaban J connectivity index is 1.68. The lowest BCUT2D eigenvalue weighted by Gasteiger charge is -2.32. The van der Waals surface area contributed by atoms with Crippen molar-refractivity contribution in [3.8, 4) is 5.75 Å². The van der Waals surface area contributed by atoms with Gasteiger partial charge in [0.1, 0.15) is 11.6 Å². The summed E-state index contributed by atoms with van der Waals surface area (Å²) in [6.07, 6.45) is 4.77. The van der Waals surface area contributed by atoms with Gasteiger partial charge in [-0.3, -0.25) is 9.78 Å². The second-order valence-electron chi connectivity index (χ2n) is 7.53. The van der Waals surface area contributed by atoms with Gasteiger partial charge in [-0.1, -0.05) is 18.2 Å². The average molecular weight is 440 g/mol. The first-order valence-corrected chi connectivity index (χ1v) is 10.5. The van der Waals surface area contributed by atoms with Crippen LogP contribution < -0.4 is 10.1 Å². The largest absolute Gasteiger partial charge is 0.496 e. The minimum atomic E-state index is -0.458. The molecule has 0 unspecified atom stereocenters. The summed E-state index contributed by atoms with van der Waals surface area (Å²) in [4.78, 5) is 18.2. The summed E-state index contributed by atoms with van der Waals surface area (Å²) in [5, 5.41) is 4.31. The van der Waals surface area contributed by atoms with Gasteiger partial charge in [0.2, 0.25) is 5.91 Å². The Morgan fingerprint density at radius 2 is 2.06 bits per heavy atom. The van der Waals surface area contributed by atoms with Crippen molar-refractivity contribution in [3.63, 3.8) is 0 Å². The van der Waals surface area contributed by atoms with E-state index >= 15 is 0 Å². The van der Waals surface area contributed by atoms with Gasteiger partial charge in [-0.2, -0.15) is 0 Å². The zero-order valence-electron chi connectivity index (χ0n) is 17.2. The second-order valence-corrected chi connectivity index (χ2v) is 7.93. The van der Waals surface area contributed by atoms with Crippen LogP contribution >= 0.6 is 11.6 Å². The molecule has 4 rings (SSSR count). The van der Waals surface area contributed by atoms with Crippen LogP contribution in [0.25, 0.3) is 10.9 Å². The molecule has 0 spiro atoms. The third-order valence-electron chi connectivity index (χ3n) is 5.71. The van der Waals surface area contributed by atoms with Gasteiger partial charge in [0, 0.05) is 42.1 Å². The molecule has 0 bridgehead atoms. The van der Waals surface area contributed by atoms with Crippen molar-refractivity contribution in [1.82, 2.24) is 9.88 Å². The van der Waals surface area contributed by atoms with Crippen molar-refractivity contribution >= 4 is 39.8 Å². The topological polar surface area (TPSA) is 54.5 Å². The summed E-state index contributed by atoms with van der Waals surface area (Å²) in [7, 11) is 1.66. The number of benzene rings is 2. The van der Waals surface area contributed by atoms with E-state index in [1.54, 1.807) is 25.4 Å². The number of pyridine rings is 1. The molecule has 1 aliphatic heterocycles. The molecule has 2 heterocycles. The minimum absolute atomic E-state index is 0.0300. The number of fused-ring (bicyclic) bond motifs is 1. The van der Waals surface area contributed by atoms with Crippen LogP contribution in [0.1, 0.15) is 24.3 Å². The van der Waals surface area contributed by atoms with Crippen molar-refractivity contribution in [3.05, 3.63) is 71.7 Å². The summed E-state index contributed by atoms with van der Waals surface area (Å²) >= 11 is 5.93. The predicted molar refractivity (Wildman–Crippen MR) is 122 cm³/mol. The van der Waals surface area contributed by atoms with Crippen molar-refractivity contribution in [2.45, 2.75) is 18.8 Å². The maximum Gasteiger partial charge on any atom is 0.245 e. The van der Waals surface area contributed by atoms with Crippen molar-refractivity contribution in [2.75, 3.05) is 25.5 Å². The van der Waals surface area contributed by atoms with Gasteiger partial charge in [0.25, 0.3) is 0 Å². The molecule has 1 amide bonds. The number of halogens is 2. The molecule has 31 heavy (non-hydrogen) atoms. The third kappa shape index (κ3) is 4.35. The first kappa shape index (κ1) is 21.1. The standard InChI is InChI=1S/C24H23ClFN3O2/c1-3-24(30)29-10-7-15(8-11-29)17-13-18-21(6-9-27-22(18)14-23(17)31-2)28-16-4-5-20(26)19(25)12-16/h3-6,9,12-15H,1,7-8,10-11H2,2H3,(H,27,28). The molecule has 1 aromatic heterocycles. The van der Waals surface area contributed by atoms with E-state index in [1.165, 1.54) is 12.1 Å². The first-order chi connectivity index (χ1) is 15.0. The second kappa shape index (κ2) is 8.94. The maximum absolute atomic E-state index is 13.5. The molecule has 1 fully saturated rings. The number of hydrogen-bond acceptors (Lipinski definition) is 4. The number of carbonyl (C=O) groups is 1. The van der Waals surface area contributed by atoms with E-state index in [0.29, 0.717) is 18.8 Å². The normalized spacial score (nSPS) is 14.5. The molecule has 7 heteroatoms. The number of anilines is 2. The number of rotatable bonds is 5. The number of amides is 1. The number of likely N-dealkylation sites (tertiary alicyclic amines) is 1. The number of ether oxygens (including phenoxy) is 1. The van der Waals surface area contributed by atoms with Crippen LogP contribution in [-0.2, 0) is 4.79 Å². The lowest BCUT2D eigenvalue weighted by molar-refractivity contribution is -0.127. The Labute approximate surface area is 185 Å². The summed E-state index contributed by atoms with van der Waals surface area (Å²) in [6.45, 7) is 4.94. The Bertz CT molecular complexity index is 1140. The highest BCUT2D eigenvalue weighted by Gasteiger charge is 2.25. The molecule has 0 saturated carbocycles. The van der Waals surface area contributed by atoms with E-state index in [9.17, 15) is 9.18 Å². The molecular weight excluding hydrogens is 417 g/mol. The number of piperidine rings is 1. The molecule has 1 aliphatic rings. The number of nitrogens with one attached hydrogen (secondary N) is 1. The predicted octanol–water partition coefficient (Wildman–Crippen LogP) is 5.67. The number of aromatic nitrogens is 1. The van der Waals surface area contributed by atoms with Crippen LogP contribution in [0.3, 0.4) is 0 Å². The Morgan fingerprint density at radius 1 is 1.29 bits per heavy atom. The number of nitrogens with zero attached hydrogens (tertiary/aromatic N) is 2. The molecule has 0 radical (unpaired) electrons. The SMILES string of the molecule is C=CC(=O)N1CCC(c2cc3c(Nc4ccc(F)c(Cl)c4)ccnc3cc2OC)CC1. The Hall–Kier alpha value is -3.12. The monoisotopic (exact) mass is 439 g/mol. The van der Waals surface area contributed by atoms with Crippen molar-refractivity contribution in [1.29, 1.82) is 0 Å². The van der Waals surface area contributed by atoms with Gasteiger partial charge in [-0.15, -0.1) is 0 Å². The van der Waals surface area contributed by atoms with Gasteiger partial charge in [-0.25, -0.2) is 4.39 Å². The minimum Gasteiger partial charge on any atom is -0.496 e. The maximum atomic E-state index is 13.5. The number of carbonyl (C=O) groups excluding carboxylic acids is 1. The molecule has 1 N–H and O–H groups in total. The molecular formula is C24H23ClFN3O2. The van der Waals surface area contributed by atoms with E-state index in [1.807, 2.05) is 17.0 Å². The molecule has 0 aliphatic carbocycles. The van der Waals surface area contributed by atoms with E-state index < -0.39 is 5.82 Å². The molecule has 3 aromatic rings. The van der Waals surface area contributed by atoms with Gasteiger partial charge in [0.15, 0.2) is 0 Å². The van der Waals surface area contributed by atoms with Crippen LogP contribution in [0.4, 0.5) is 15.8 Å². The fourth-order valence-corrected chi connectivity index (χ4v) is 4.24. The van der Waals surface area contributed by atoms with Crippen LogP contribution in [0, 0.1) is 5.82 Å². The lowest BCUT2D eigenvalue weighted by atomic mass is 9.87. The van der Waals surface area contributed by atoms with E-state index in [0.717, 1.165) is 40.7 Å². The van der Waals surface area contributed by atoms with E-state index in [4.69, 9.17) is 16.3 Å². The molecule has 2 aromatic carbocycles. The van der Waals surface area contributed by atoms with Gasteiger partial charge >= 0.3 is 0 Å². The van der Waals surface area contributed by atoms with E-state index in [-0.39, 0.29) is 16.8 Å².